The largest absolute Gasteiger partial charge is 0.298 e. The zero-order valence-corrected chi connectivity index (χ0v) is 8.45. The van der Waals surface area contributed by atoms with Gasteiger partial charge in [0.05, 0.1) is 4.47 Å². The number of hydrogen-bond donors (Lipinski definition) is 0. The molecule has 0 unspecified atom stereocenters. The first kappa shape index (κ1) is 8.37. The lowest BCUT2D eigenvalue weighted by molar-refractivity contribution is 0.112. The topological polar surface area (TPSA) is 47.3 Å². The molecule has 0 saturated carbocycles. The molecule has 0 aliphatic carbocycles. The van der Waals surface area contributed by atoms with Crippen LogP contribution in [0.2, 0.25) is 0 Å². The second-order valence-corrected chi connectivity index (χ2v) is 3.53. The van der Waals surface area contributed by atoms with Gasteiger partial charge in [0.25, 0.3) is 0 Å². The van der Waals surface area contributed by atoms with Crippen molar-refractivity contribution >= 4 is 27.9 Å². The van der Waals surface area contributed by atoms with Gasteiger partial charge in [0.1, 0.15) is 5.82 Å². The minimum absolute atomic E-state index is 0.599. The molecule has 2 aromatic heterocycles. The van der Waals surface area contributed by atoms with Gasteiger partial charge in [-0.3, -0.25) is 9.20 Å². The highest BCUT2D eigenvalue weighted by atomic mass is 79.9. The van der Waals surface area contributed by atoms with E-state index < -0.39 is 0 Å². The van der Waals surface area contributed by atoms with Crippen LogP contribution in [0.4, 0.5) is 0 Å². The summed E-state index contributed by atoms with van der Waals surface area (Å²) in [5.41, 5.74) is 1.32. The van der Waals surface area contributed by atoms with E-state index in [1.807, 2.05) is 6.92 Å². The van der Waals surface area contributed by atoms with Crippen LogP contribution in [0.1, 0.15) is 16.2 Å². The van der Waals surface area contributed by atoms with E-state index in [0.29, 0.717) is 5.56 Å². The van der Waals surface area contributed by atoms with Gasteiger partial charge in [-0.1, -0.05) is 0 Å². The van der Waals surface area contributed by atoms with Crippen molar-refractivity contribution in [3.05, 3.63) is 28.1 Å². The number of hydrogen-bond acceptors (Lipinski definition) is 3. The standard InChI is InChI=1S/C8H6BrN3O/c1-5-10-11-8-7(9)2-6(4-13)3-12(5)8/h2-4H,1H3. The Kier molecular flexibility index (Phi) is 1.88. The van der Waals surface area contributed by atoms with Gasteiger partial charge >= 0.3 is 0 Å². The monoisotopic (exact) mass is 239 g/mol. The van der Waals surface area contributed by atoms with Crippen molar-refractivity contribution in [3.8, 4) is 0 Å². The molecule has 5 heteroatoms. The molecule has 0 radical (unpaired) electrons. The van der Waals surface area contributed by atoms with Crippen LogP contribution in [0.3, 0.4) is 0 Å². The molecule has 2 aromatic rings. The molecule has 0 atom stereocenters. The van der Waals surface area contributed by atoms with Crippen LogP contribution in [-0.4, -0.2) is 20.9 Å². The van der Waals surface area contributed by atoms with Gasteiger partial charge in [-0.05, 0) is 28.9 Å². The fourth-order valence-electron chi connectivity index (χ4n) is 1.15. The van der Waals surface area contributed by atoms with Crippen LogP contribution in [0.5, 0.6) is 0 Å². The highest BCUT2D eigenvalue weighted by Crippen LogP contribution is 2.17. The molecule has 0 aromatic carbocycles. The number of halogens is 1. The second kappa shape index (κ2) is 2.92. The van der Waals surface area contributed by atoms with Crippen molar-refractivity contribution in [1.82, 2.24) is 14.6 Å². The molecule has 66 valence electrons. The van der Waals surface area contributed by atoms with E-state index >= 15 is 0 Å². The van der Waals surface area contributed by atoms with Crippen LogP contribution in [0.15, 0.2) is 16.7 Å². The van der Waals surface area contributed by atoms with Crippen molar-refractivity contribution in [3.63, 3.8) is 0 Å². The van der Waals surface area contributed by atoms with Gasteiger partial charge in [0.15, 0.2) is 11.9 Å². The first-order valence-corrected chi connectivity index (χ1v) is 4.48. The van der Waals surface area contributed by atoms with Crippen LogP contribution >= 0.6 is 15.9 Å². The van der Waals surface area contributed by atoms with Crippen LogP contribution in [0, 0.1) is 6.92 Å². The van der Waals surface area contributed by atoms with E-state index in [1.165, 1.54) is 0 Å². The van der Waals surface area contributed by atoms with E-state index in [9.17, 15) is 4.79 Å². The molecule has 2 heterocycles. The third-order valence-electron chi connectivity index (χ3n) is 1.79. The first-order chi connectivity index (χ1) is 6.22. The lowest BCUT2D eigenvalue weighted by Crippen LogP contribution is -1.92. The van der Waals surface area contributed by atoms with Gasteiger partial charge in [-0.25, -0.2) is 0 Å². The number of rotatable bonds is 1. The van der Waals surface area contributed by atoms with E-state index in [0.717, 1.165) is 22.2 Å². The molecule has 0 saturated heterocycles. The second-order valence-electron chi connectivity index (χ2n) is 2.68. The van der Waals surface area contributed by atoms with Crippen molar-refractivity contribution in [2.24, 2.45) is 0 Å². The molecular formula is C8H6BrN3O. The fourth-order valence-corrected chi connectivity index (χ4v) is 1.68. The van der Waals surface area contributed by atoms with Crippen molar-refractivity contribution in [2.75, 3.05) is 0 Å². The van der Waals surface area contributed by atoms with Gasteiger partial charge in [0, 0.05) is 11.8 Å². The summed E-state index contributed by atoms with van der Waals surface area (Å²) in [7, 11) is 0. The van der Waals surface area contributed by atoms with Crippen molar-refractivity contribution in [2.45, 2.75) is 6.92 Å². The molecule has 13 heavy (non-hydrogen) atoms. The SMILES string of the molecule is Cc1nnc2c(Br)cc(C=O)cn12. The molecule has 0 fully saturated rings. The molecule has 0 spiro atoms. The Hall–Kier alpha value is -1.23. The summed E-state index contributed by atoms with van der Waals surface area (Å²) in [6.07, 6.45) is 2.51. The summed E-state index contributed by atoms with van der Waals surface area (Å²) in [6.45, 7) is 1.83. The van der Waals surface area contributed by atoms with E-state index in [-0.39, 0.29) is 0 Å². The maximum atomic E-state index is 10.6. The predicted molar refractivity (Wildman–Crippen MR) is 50.8 cm³/mol. The number of carbonyl (C=O) groups is 1. The molecule has 0 aliphatic heterocycles. The van der Waals surface area contributed by atoms with Crippen LogP contribution in [-0.2, 0) is 0 Å². The summed E-state index contributed by atoms with van der Waals surface area (Å²) in [4.78, 5) is 10.6. The molecule has 2 rings (SSSR count). The maximum Gasteiger partial charge on any atom is 0.175 e. The Morgan fingerprint density at radius 3 is 3.00 bits per heavy atom. The van der Waals surface area contributed by atoms with Crippen LogP contribution < -0.4 is 0 Å². The quantitative estimate of drug-likeness (QED) is 0.711. The first-order valence-electron chi connectivity index (χ1n) is 3.68. The van der Waals surface area contributed by atoms with Crippen LogP contribution in [0.25, 0.3) is 5.65 Å². The normalized spacial score (nSPS) is 10.6. The number of nitrogens with zero attached hydrogens (tertiary/aromatic N) is 3. The molecular weight excluding hydrogens is 234 g/mol. The highest BCUT2D eigenvalue weighted by molar-refractivity contribution is 9.10. The van der Waals surface area contributed by atoms with Gasteiger partial charge < -0.3 is 0 Å². The number of carbonyl (C=O) groups excluding carboxylic acids is 1. The average molecular weight is 240 g/mol. The minimum Gasteiger partial charge on any atom is -0.298 e. The smallest absolute Gasteiger partial charge is 0.175 e. The third kappa shape index (κ3) is 1.25. The molecule has 0 aliphatic rings. The Labute approximate surface area is 82.7 Å². The molecule has 4 nitrogen and oxygen atoms in total. The molecule has 0 N–H and O–H groups in total. The van der Waals surface area contributed by atoms with Crippen molar-refractivity contribution in [1.29, 1.82) is 0 Å². The lowest BCUT2D eigenvalue weighted by atomic mass is 10.3. The van der Waals surface area contributed by atoms with E-state index in [4.69, 9.17) is 0 Å². The zero-order chi connectivity index (χ0) is 9.42. The summed E-state index contributed by atoms with van der Waals surface area (Å²) in [6, 6.07) is 1.72. The Bertz CT molecular complexity index is 477. The molecule has 0 amide bonds. The summed E-state index contributed by atoms with van der Waals surface area (Å²) in [5.74, 6) is 0.763. The van der Waals surface area contributed by atoms with Gasteiger partial charge in [0.2, 0.25) is 0 Å². The predicted octanol–water partition coefficient (Wildman–Crippen LogP) is 1.61. The van der Waals surface area contributed by atoms with E-state index in [1.54, 1.807) is 16.7 Å². The third-order valence-corrected chi connectivity index (χ3v) is 2.37. The lowest BCUT2D eigenvalue weighted by Gasteiger charge is -1.97. The Morgan fingerprint density at radius 1 is 1.54 bits per heavy atom. The Morgan fingerprint density at radius 2 is 2.31 bits per heavy atom. The maximum absolute atomic E-state index is 10.6. The average Bonchev–Trinajstić information content (AvgIpc) is 2.48. The van der Waals surface area contributed by atoms with E-state index in [2.05, 4.69) is 26.1 Å². The number of pyridine rings is 1. The van der Waals surface area contributed by atoms with Gasteiger partial charge in [-0.15, -0.1) is 10.2 Å². The number of aldehydes is 1. The zero-order valence-electron chi connectivity index (χ0n) is 6.86. The number of fused-ring (bicyclic) bond motifs is 1. The van der Waals surface area contributed by atoms with Crippen molar-refractivity contribution < 1.29 is 4.79 Å². The fraction of sp³-hybridized carbons (Fsp3) is 0.125. The van der Waals surface area contributed by atoms with Gasteiger partial charge in [-0.2, -0.15) is 0 Å². The summed E-state index contributed by atoms with van der Waals surface area (Å²) >= 11 is 3.32. The number of aromatic nitrogens is 3. The molecule has 0 bridgehead atoms. The summed E-state index contributed by atoms with van der Waals surface area (Å²) in [5, 5.41) is 7.84. The Balaban J connectivity index is 2.87. The highest BCUT2D eigenvalue weighted by Gasteiger charge is 2.05. The number of aryl methyl sites for hydroxylation is 1. The summed E-state index contributed by atoms with van der Waals surface area (Å²) < 4.78 is 2.55. The minimum atomic E-state index is 0.599.